The summed E-state index contributed by atoms with van der Waals surface area (Å²) in [6.07, 6.45) is 1.23. The average Bonchev–Trinajstić information content (AvgIpc) is 2.74. The highest BCUT2D eigenvalue weighted by molar-refractivity contribution is 6.17. The first kappa shape index (κ1) is 17.9. The molecule has 0 radical (unpaired) electrons. The maximum absolute atomic E-state index is 12.3. The molecule has 1 aliphatic rings. The number of hydrogen-bond donors (Lipinski definition) is 2. The van der Waals surface area contributed by atoms with Crippen LogP contribution in [0.15, 0.2) is 30.0 Å². The quantitative estimate of drug-likeness (QED) is 0.635. The number of nitrogens with one attached hydrogen (secondary N) is 1. The molecule has 0 aromatic heterocycles. The molecule has 6 heteroatoms. The second kappa shape index (κ2) is 6.57. The predicted molar refractivity (Wildman–Crippen MR) is 90.7 cm³/mol. The van der Waals surface area contributed by atoms with Crippen molar-refractivity contribution >= 4 is 23.3 Å². The van der Waals surface area contributed by atoms with Gasteiger partial charge in [-0.25, -0.2) is 0 Å². The molecule has 2 amide bonds. The number of anilines is 1. The van der Waals surface area contributed by atoms with Crippen molar-refractivity contribution in [3.05, 3.63) is 41.1 Å². The summed E-state index contributed by atoms with van der Waals surface area (Å²) in [6, 6.07) is 5.23. The minimum atomic E-state index is -0.468. The van der Waals surface area contributed by atoms with Gasteiger partial charge in [0.1, 0.15) is 5.70 Å². The zero-order valence-corrected chi connectivity index (χ0v) is 14.3. The van der Waals surface area contributed by atoms with Gasteiger partial charge in [0, 0.05) is 17.3 Å². The zero-order valence-electron chi connectivity index (χ0n) is 14.3. The summed E-state index contributed by atoms with van der Waals surface area (Å²) < 4.78 is 0. The summed E-state index contributed by atoms with van der Waals surface area (Å²) in [7, 11) is 0. The normalized spacial score (nSPS) is 14.9. The van der Waals surface area contributed by atoms with Crippen molar-refractivity contribution in [1.29, 1.82) is 0 Å². The smallest absolute Gasteiger partial charge is 0.277 e. The Labute approximate surface area is 141 Å². The van der Waals surface area contributed by atoms with Gasteiger partial charge < -0.3 is 10.4 Å². The lowest BCUT2D eigenvalue weighted by molar-refractivity contribution is -0.137. The molecule has 128 valence electrons. The third-order valence-corrected chi connectivity index (χ3v) is 3.84. The summed E-state index contributed by atoms with van der Waals surface area (Å²) in [6.45, 7) is 7.21. The van der Waals surface area contributed by atoms with Crippen molar-refractivity contribution in [2.75, 3.05) is 18.5 Å². The minimum absolute atomic E-state index is 0.0330. The maximum atomic E-state index is 12.3. The molecule has 2 rings (SSSR count). The summed E-state index contributed by atoms with van der Waals surface area (Å²) in [5, 5.41) is 12.0. The van der Waals surface area contributed by atoms with Crippen LogP contribution in [0.4, 0.5) is 5.69 Å². The molecule has 1 aromatic rings. The Balaban J connectivity index is 2.37. The Morgan fingerprint density at radius 1 is 1.25 bits per heavy atom. The number of rotatable bonds is 5. The number of imide groups is 1. The van der Waals surface area contributed by atoms with E-state index in [4.69, 9.17) is 5.11 Å². The van der Waals surface area contributed by atoms with E-state index in [0.29, 0.717) is 11.3 Å². The second-order valence-corrected chi connectivity index (χ2v) is 6.77. The van der Waals surface area contributed by atoms with E-state index in [-0.39, 0.29) is 30.0 Å². The van der Waals surface area contributed by atoms with Crippen LogP contribution in [-0.4, -0.2) is 40.8 Å². The average molecular weight is 330 g/mol. The van der Waals surface area contributed by atoms with Gasteiger partial charge in [-0.15, -0.1) is 0 Å². The van der Waals surface area contributed by atoms with Crippen LogP contribution in [0.5, 0.6) is 0 Å². The number of ketones is 1. The molecule has 2 N–H and O–H groups in total. The molecule has 1 heterocycles. The number of β-amino-alcohol motifs (C(OH)–C–C–N with tert-alkyl or cyclic N) is 1. The van der Waals surface area contributed by atoms with Gasteiger partial charge >= 0.3 is 0 Å². The highest BCUT2D eigenvalue weighted by atomic mass is 16.3. The predicted octanol–water partition coefficient (Wildman–Crippen LogP) is 1.84. The molecule has 24 heavy (non-hydrogen) atoms. The van der Waals surface area contributed by atoms with Gasteiger partial charge in [-0.05, 0) is 36.1 Å². The Hall–Kier alpha value is -2.47. The molecule has 0 aliphatic carbocycles. The molecule has 0 bridgehead atoms. The van der Waals surface area contributed by atoms with Crippen LogP contribution in [0.1, 0.15) is 43.6 Å². The van der Waals surface area contributed by atoms with Crippen LogP contribution in [0.3, 0.4) is 0 Å². The standard InChI is InChI=1S/C18H22N2O4/c1-11(22)12-5-6-14(13(9-12)18(2,3)4)19-15-10-16(23)20(7-8-21)17(15)24/h5-6,9-10,19,21H,7-8H2,1-4H3. The van der Waals surface area contributed by atoms with Gasteiger partial charge in [-0.3, -0.25) is 19.3 Å². The molecule has 0 fully saturated rings. The number of aliphatic hydroxyl groups is 1. The topological polar surface area (TPSA) is 86.7 Å². The fraction of sp³-hybridized carbons (Fsp3) is 0.389. The number of benzene rings is 1. The van der Waals surface area contributed by atoms with Gasteiger partial charge in [0.2, 0.25) is 0 Å². The van der Waals surface area contributed by atoms with E-state index < -0.39 is 11.8 Å². The third-order valence-electron chi connectivity index (χ3n) is 3.84. The number of Topliss-reactive ketones (excluding diaryl/α,β-unsaturated/α-hetero) is 1. The van der Waals surface area contributed by atoms with E-state index in [1.807, 2.05) is 20.8 Å². The van der Waals surface area contributed by atoms with Crippen LogP contribution < -0.4 is 5.32 Å². The Morgan fingerprint density at radius 2 is 1.92 bits per heavy atom. The van der Waals surface area contributed by atoms with Crippen molar-refractivity contribution in [3.63, 3.8) is 0 Å². The Kier molecular flexibility index (Phi) is 4.89. The number of amides is 2. The van der Waals surface area contributed by atoms with E-state index in [0.717, 1.165) is 10.5 Å². The van der Waals surface area contributed by atoms with Crippen molar-refractivity contribution in [2.24, 2.45) is 0 Å². The van der Waals surface area contributed by atoms with Crippen LogP contribution in [-0.2, 0) is 15.0 Å². The van der Waals surface area contributed by atoms with Gasteiger partial charge in [0.25, 0.3) is 11.8 Å². The molecule has 1 aliphatic heterocycles. The fourth-order valence-corrected chi connectivity index (χ4v) is 2.55. The van der Waals surface area contributed by atoms with Crippen LogP contribution in [0.2, 0.25) is 0 Å². The first-order valence-corrected chi connectivity index (χ1v) is 7.76. The van der Waals surface area contributed by atoms with Gasteiger partial charge in [-0.2, -0.15) is 0 Å². The van der Waals surface area contributed by atoms with Crippen LogP contribution in [0.25, 0.3) is 0 Å². The second-order valence-electron chi connectivity index (χ2n) is 6.77. The largest absolute Gasteiger partial charge is 0.395 e. The molecule has 0 saturated heterocycles. The monoisotopic (exact) mass is 330 g/mol. The lowest BCUT2D eigenvalue weighted by Gasteiger charge is -2.24. The maximum Gasteiger partial charge on any atom is 0.277 e. The summed E-state index contributed by atoms with van der Waals surface area (Å²) in [5.41, 5.74) is 2.04. The number of carbonyl (C=O) groups is 3. The number of carbonyl (C=O) groups excluding carboxylic acids is 3. The minimum Gasteiger partial charge on any atom is -0.395 e. The Bertz CT molecular complexity index is 729. The molecule has 1 aromatic carbocycles. The van der Waals surface area contributed by atoms with Crippen molar-refractivity contribution in [2.45, 2.75) is 33.1 Å². The molecule has 0 saturated carbocycles. The van der Waals surface area contributed by atoms with Gasteiger partial charge in [0.05, 0.1) is 13.2 Å². The fourth-order valence-electron chi connectivity index (χ4n) is 2.55. The third kappa shape index (κ3) is 3.54. The number of aliphatic hydroxyl groups excluding tert-OH is 1. The number of nitrogens with zero attached hydrogens (tertiary/aromatic N) is 1. The van der Waals surface area contributed by atoms with Crippen molar-refractivity contribution in [3.8, 4) is 0 Å². The Morgan fingerprint density at radius 3 is 2.46 bits per heavy atom. The van der Waals surface area contributed by atoms with E-state index >= 15 is 0 Å². The molecule has 0 atom stereocenters. The van der Waals surface area contributed by atoms with Gasteiger partial charge in [-0.1, -0.05) is 20.8 Å². The SMILES string of the molecule is CC(=O)c1ccc(NC2=CC(=O)N(CCO)C2=O)c(C(C)(C)C)c1. The first-order valence-electron chi connectivity index (χ1n) is 7.76. The van der Waals surface area contributed by atoms with E-state index in [9.17, 15) is 14.4 Å². The summed E-state index contributed by atoms with van der Waals surface area (Å²) >= 11 is 0. The highest BCUT2D eigenvalue weighted by Gasteiger charge is 2.31. The van der Waals surface area contributed by atoms with Gasteiger partial charge in [0.15, 0.2) is 5.78 Å². The molecule has 0 spiro atoms. The van der Waals surface area contributed by atoms with Crippen LogP contribution in [0, 0.1) is 0 Å². The molecule has 0 unspecified atom stereocenters. The molecular weight excluding hydrogens is 308 g/mol. The lowest BCUT2D eigenvalue weighted by atomic mass is 9.84. The summed E-state index contributed by atoms with van der Waals surface area (Å²) in [5.74, 6) is -0.953. The van der Waals surface area contributed by atoms with Crippen LogP contribution >= 0.6 is 0 Å². The molecule has 6 nitrogen and oxygen atoms in total. The first-order chi connectivity index (χ1) is 11.1. The number of hydrogen-bond acceptors (Lipinski definition) is 5. The zero-order chi connectivity index (χ0) is 18.1. The van der Waals surface area contributed by atoms with E-state index in [1.54, 1.807) is 18.2 Å². The summed E-state index contributed by atoms with van der Waals surface area (Å²) in [4.78, 5) is 36.7. The van der Waals surface area contributed by atoms with E-state index in [2.05, 4.69) is 5.32 Å². The highest BCUT2D eigenvalue weighted by Crippen LogP contribution is 2.32. The van der Waals surface area contributed by atoms with Crippen molar-refractivity contribution in [1.82, 2.24) is 4.90 Å². The molecular formula is C18H22N2O4. The van der Waals surface area contributed by atoms with E-state index in [1.165, 1.54) is 13.0 Å². The van der Waals surface area contributed by atoms with Crippen molar-refractivity contribution < 1.29 is 19.5 Å². The lowest BCUT2D eigenvalue weighted by Crippen LogP contribution is -2.34.